The molecule has 1 aliphatic rings. The Balaban J connectivity index is 1.58. The number of nitrogens with one attached hydrogen (secondary N) is 1. The minimum atomic E-state index is -0.427. The lowest BCUT2D eigenvalue weighted by molar-refractivity contribution is -0.118. The molecule has 0 bridgehead atoms. The molecule has 0 atom stereocenters. The molecule has 0 unspecified atom stereocenters. The molecule has 0 radical (unpaired) electrons. The largest absolute Gasteiger partial charge is 0.483 e. The summed E-state index contributed by atoms with van der Waals surface area (Å²) >= 11 is 1.31. The summed E-state index contributed by atoms with van der Waals surface area (Å²) in [6.45, 7) is 5.05. The number of hydrogen-bond acceptors (Lipinski definition) is 5. The first-order valence-electron chi connectivity index (χ1n) is 8.47. The first-order chi connectivity index (χ1) is 12.7. The molecular weight excluding hydrogens is 355 g/mol. The lowest BCUT2D eigenvalue weighted by Gasteiger charge is -2.09. The third kappa shape index (κ3) is 5.08. The molecule has 1 amide bonds. The molecule has 26 heavy (non-hydrogen) atoms. The van der Waals surface area contributed by atoms with E-state index in [0.29, 0.717) is 23.4 Å². The van der Waals surface area contributed by atoms with Gasteiger partial charge >= 0.3 is 0 Å². The predicted octanol–water partition coefficient (Wildman–Crippen LogP) is 2.80. The van der Waals surface area contributed by atoms with Crippen LogP contribution in [0.5, 0.6) is 5.75 Å². The van der Waals surface area contributed by atoms with Gasteiger partial charge in [0.2, 0.25) is 5.91 Å². The summed E-state index contributed by atoms with van der Waals surface area (Å²) in [6, 6.07) is 6.20. The van der Waals surface area contributed by atoms with Crippen molar-refractivity contribution in [2.75, 3.05) is 12.3 Å². The highest BCUT2D eigenvalue weighted by Crippen LogP contribution is 2.27. The van der Waals surface area contributed by atoms with Crippen LogP contribution in [0, 0.1) is 11.7 Å². The van der Waals surface area contributed by atoms with Gasteiger partial charge in [-0.05, 0) is 30.9 Å². The SMILES string of the molecule is C=CCn1c(COc2ccccc2F)nnc1SCC(=O)NCC1CC1. The number of carbonyl (C=O) groups is 1. The van der Waals surface area contributed by atoms with E-state index in [2.05, 4.69) is 22.1 Å². The Hall–Kier alpha value is -2.35. The summed E-state index contributed by atoms with van der Waals surface area (Å²) in [6.07, 6.45) is 4.12. The fourth-order valence-electron chi connectivity index (χ4n) is 2.31. The minimum absolute atomic E-state index is 0.0146. The molecule has 0 spiro atoms. The molecule has 1 aromatic heterocycles. The maximum Gasteiger partial charge on any atom is 0.230 e. The van der Waals surface area contributed by atoms with Crippen LogP contribution in [0.15, 0.2) is 42.1 Å². The maximum absolute atomic E-state index is 13.7. The van der Waals surface area contributed by atoms with Crippen LogP contribution < -0.4 is 10.1 Å². The van der Waals surface area contributed by atoms with E-state index >= 15 is 0 Å². The average Bonchev–Trinajstić information content (AvgIpc) is 3.40. The van der Waals surface area contributed by atoms with E-state index in [4.69, 9.17) is 4.74 Å². The fourth-order valence-corrected chi connectivity index (χ4v) is 3.11. The first kappa shape index (κ1) is 18.4. The quantitative estimate of drug-likeness (QED) is 0.510. The highest BCUT2D eigenvalue weighted by Gasteiger charge is 2.22. The lowest BCUT2D eigenvalue weighted by atomic mass is 10.3. The van der Waals surface area contributed by atoms with Gasteiger partial charge in [0.25, 0.3) is 0 Å². The van der Waals surface area contributed by atoms with Gasteiger partial charge in [0, 0.05) is 13.1 Å². The van der Waals surface area contributed by atoms with Crippen molar-refractivity contribution in [3.8, 4) is 5.75 Å². The van der Waals surface area contributed by atoms with E-state index in [1.807, 2.05) is 4.57 Å². The molecule has 0 saturated heterocycles. The molecule has 138 valence electrons. The van der Waals surface area contributed by atoms with Crippen molar-refractivity contribution >= 4 is 17.7 Å². The number of nitrogens with zero attached hydrogens (tertiary/aromatic N) is 3. The van der Waals surface area contributed by atoms with Crippen molar-refractivity contribution in [1.82, 2.24) is 20.1 Å². The molecule has 0 aliphatic heterocycles. The first-order valence-corrected chi connectivity index (χ1v) is 9.45. The molecule has 3 rings (SSSR count). The number of benzene rings is 1. The van der Waals surface area contributed by atoms with E-state index in [-0.39, 0.29) is 24.0 Å². The van der Waals surface area contributed by atoms with Crippen LogP contribution in [-0.2, 0) is 17.9 Å². The van der Waals surface area contributed by atoms with Crippen molar-refractivity contribution in [2.45, 2.75) is 31.1 Å². The highest BCUT2D eigenvalue weighted by atomic mass is 32.2. The second-order valence-corrected chi connectivity index (χ2v) is 7.00. The predicted molar refractivity (Wildman–Crippen MR) is 97.4 cm³/mol. The second-order valence-electron chi connectivity index (χ2n) is 6.05. The average molecular weight is 376 g/mol. The minimum Gasteiger partial charge on any atom is -0.483 e. The summed E-state index contributed by atoms with van der Waals surface area (Å²) in [5.41, 5.74) is 0. The molecule has 6 nitrogen and oxygen atoms in total. The van der Waals surface area contributed by atoms with Gasteiger partial charge in [-0.15, -0.1) is 16.8 Å². The zero-order valence-corrected chi connectivity index (χ0v) is 15.2. The zero-order valence-electron chi connectivity index (χ0n) is 14.4. The van der Waals surface area contributed by atoms with Crippen LogP contribution in [-0.4, -0.2) is 33.0 Å². The topological polar surface area (TPSA) is 69.0 Å². The van der Waals surface area contributed by atoms with Crippen LogP contribution >= 0.6 is 11.8 Å². The van der Waals surface area contributed by atoms with Crippen LogP contribution in [0.4, 0.5) is 4.39 Å². The number of halogens is 1. The Morgan fingerprint density at radius 1 is 1.42 bits per heavy atom. The van der Waals surface area contributed by atoms with Crippen molar-refractivity contribution < 1.29 is 13.9 Å². The van der Waals surface area contributed by atoms with E-state index in [1.165, 1.54) is 30.7 Å². The van der Waals surface area contributed by atoms with Gasteiger partial charge in [-0.3, -0.25) is 9.36 Å². The number of hydrogen-bond donors (Lipinski definition) is 1. The summed E-state index contributed by atoms with van der Waals surface area (Å²) < 4.78 is 21.0. The van der Waals surface area contributed by atoms with Crippen LogP contribution in [0.1, 0.15) is 18.7 Å². The number of aromatic nitrogens is 3. The van der Waals surface area contributed by atoms with Crippen molar-refractivity contribution in [3.05, 3.63) is 48.6 Å². The van der Waals surface area contributed by atoms with E-state index < -0.39 is 5.82 Å². The number of carbonyl (C=O) groups excluding carboxylic acids is 1. The highest BCUT2D eigenvalue weighted by molar-refractivity contribution is 7.99. The number of thioether (sulfide) groups is 1. The number of rotatable bonds is 10. The molecule has 1 saturated carbocycles. The normalized spacial score (nSPS) is 13.4. The Kier molecular flexibility index (Phi) is 6.27. The molecule has 1 aliphatic carbocycles. The summed E-state index contributed by atoms with van der Waals surface area (Å²) in [5, 5.41) is 11.8. The maximum atomic E-state index is 13.7. The zero-order chi connectivity index (χ0) is 18.4. The van der Waals surface area contributed by atoms with Gasteiger partial charge < -0.3 is 10.1 Å². The monoisotopic (exact) mass is 376 g/mol. The molecular formula is C18H21FN4O2S. The smallest absolute Gasteiger partial charge is 0.230 e. The Morgan fingerprint density at radius 3 is 2.96 bits per heavy atom. The van der Waals surface area contributed by atoms with E-state index in [9.17, 15) is 9.18 Å². The third-order valence-electron chi connectivity index (χ3n) is 3.92. The van der Waals surface area contributed by atoms with Gasteiger partial charge in [0.05, 0.1) is 5.75 Å². The fraction of sp³-hybridized carbons (Fsp3) is 0.389. The van der Waals surface area contributed by atoms with E-state index in [1.54, 1.807) is 24.3 Å². The van der Waals surface area contributed by atoms with Crippen LogP contribution in [0.3, 0.4) is 0 Å². The molecule has 2 aromatic rings. The Bertz CT molecular complexity index is 776. The molecule has 1 fully saturated rings. The van der Waals surface area contributed by atoms with Gasteiger partial charge in [-0.1, -0.05) is 30.0 Å². The van der Waals surface area contributed by atoms with E-state index in [0.717, 1.165) is 6.54 Å². The van der Waals surface area contributed by atoms with Gasteiger partial charge in [-0.25, -0.2) is 4.39 Å². The molecule has 1 aromatic carbocycles. The molecule has 1 N–H and O–H groups in total. The Morgan fingerprint density at radius 2 is 2.23 bits per heavy atom. The Labute approximate surface area is 155 Å². The van der Waals surface area contributed by atoms with Crippen molar-refractivity contribution in [3.63, 3.8) is 0 Å². The molecule has 1 heterocycles. The lowest BCUT2D eigenvalue weighted by Crippen LogP contribution is -2.27. The van der Waals surface area contributed by atoms with Crippen molar-refractivity contribution in [1.29, 1.82) is 0 Å². The van der Waals surface area contributed by atoms with Gasteiger partial charge in [0.1, 0.15) is 6.61 Å². The van der Waals surface area contributed by atoms with Crippen LogP contribution in [0.25, 0.3) is 0 Å². The summed E-state index contributed by atoms with van der Waals surface area (Å²) in [5.74, 6) is 1.19. The van der Waals surface area contributed by atoms with Gasteiger partial charge in [0.15, 0.2) is 22.5 Å². The standard InChI is InChI=1S/C18H21FN4O2S/c1-2-9-23-16(11-25-15-6-4-3-5-14(15)19)21-22-18(23)26-12-17(24)20-10-13-7-8-13/h2-6,13H,1,7-12H2,(H,20,24). The number of ether oxygens (including phenoxy) is 1. The molecule has 8 heteroatoms. The van der Waals surface area contributed by atoms with Gasteiger partial charge in [-0.2, -0.15) is 0 Å². The second kappa shape index (κ2) is 8.84. The number of amides is 1. The van der Waals surface area contributed by atoms with Crippen LogP contribution in [0.2, 0.25) is 0 Å². The van der Waals surface area contributed by atoms with Crippen molar-refractivity contribution in [2.24, 2.45) is 5.92 Å². The number of allylic oxidation sites excluding steroid dienone is 1. The summed E-state index contributed by atoms with van der Waals surface area (Å²) in [4.78, 5) is 11.9. The third-order valence-corrected chi connectivity index (χ3v) is 4.88. The summed E-state index contributed by atoms with van der Waals surface area (Å²) in [7, 11) is 0. The number of para-hydroxylation sites is 1.